The van der Waals surface area contributed by atoms with Gasteiger partial charge in [0.1, 0.15) is 22.8 Å². The van der Waals surface area contributed by atoms with Crippen molar-refractivity contribution in [3.8, 4) is 23.1 Å². The van der Waals surface area contributed by atoms with Crippen LogP contribution >= 0.6 is 0 Å². The summed E-state index contributed by atoms with van der Waals surface area (Å²) in [5.74, 6) is 5.39. The van der Waals surface area contributed by atoms with Crippen molar-refractivity contribution in [1.29, 1.82) is 0 Å². The molecule has 13 nitrogen and oxygen atoms in total. The van der Waals surface area contributed by atoms with Crippen molar-refractivity contribution in [2.75, 3.05) is 26.2 Å². The molecule has 13 heteroatoms. The van der Waals surface area contributed by atoms with E-state index >= 15 is 0 Å². The number of carbonyl (C=O) groups excluding carboxylic acids is 3. The molecule has 42 heavy (non-hydrogen) atoms. The zero-order chi connectivity index (χ0) is 31.7. The molecule has 0 atom stereocenters. The Bertz CT molecular complexity index is 1500. The van der Waals surface area contributed by atoms with Crippen molar-refractivity contribution in [2.24, 2.45) is 5.84 Å². The number of nitrogens with zero attached hydrogens (tertiary/aromatic N) is 3. The summed E-state index contributed by atoms with van der Waals surface area (Å²) >= 11 is 0. The molecule has 0 saturated carbocycles. The topological polar surface area (TPSA) is 156 Å². The second-order valence-corrected chi connectivity index (χ2v) is 11.4. The molecule has 1 aromatic carbocycles. The van der Waals surface area contributed by atoms with E-state index in [0.717, 1.165) is 0 Å². The SMILES string of the molecule is COc1cc2c(C(=O)NN)c(N(C(=O)OC(C)(C)C)C(=O)OC(C)(C)C)n(-c3c(C)ccc(OC)c3C)c2nc1OC. The molecule has 0 saturated heterocycles. The summed E-state index contributed by atoms with van der Waals surface area (Å²) in [6, 6.07) is 5.09. The third-order valence-electron chi connectivity index (χ3n) is 6.01. The minimum atomic E-state index is -1.09. The van der Waals surface area contributed by atoms with E-state index in [1.807, 2.05) is 6.92 Å². The molecule has 0 spiro atoms. The highest BCUT2D eigenvalue weighted by Crippen LogP contribution is 2.42. The van der Waals surface area contributed by atoms with Crippen molar-refractivity contribution in [2.45, 2.75) is 66.6 Å². The lowest BCUT2D eigenvalue weighted by molar-refractivity contribution is 0.0428. The summed E-state index contributed by atoms with van der Waals surface area (Å²) < 4.78 is 29.3. The van der Waals surface area contributed by atoms with Gasteiger partial charge in [-0.3, -0.25) is 14.8 Å². The number of imide groups is 1. The van der Waals surface area contributed by atoms with Gasteiger partial charge in [0.2, 0.25) is 0 Å². The number of carbonyl (C=O) groups is 3. The molecule has 0 unspecified atom stereocenters. The molecular weight excluding hydrogens is 546 g/mol. The van der Waals surface area contributed by atoms with Gasteiger partial charge in [-0.15, -0.1) is 0 Å². The van der Waals surface area contributed by atoms with Gasteiger partial charge in [-0.05, 0) is 73.1 Å². The summed E-state index contributed by atoms with van der Waals surface area (Å²) in [4.78, 5) is 46.6. The van der Waals surface area contributed by atoms with Crippen molar-refractivity contribution < 1.29 is 38.1 Å². The summed E-state index contributed by atoms with van der Waals surface area (Å²) in [5, 5.41) is 0.198. The number of anilines is 1. The highest BCUT2D eigenvalue weighted by atomic mass is 16.6. The molecule has 0 fully saturated rings. The predicted molar refractivity (Wildman–Crippen MR) is 157 cm³/mol. The number of aromatic nitrogens is 2. The first-order valence-electron chi connectivity index (χ1n) is 13.1. The van der Waals surface area contributed by atoms with Gasteiger partial charge in [-0.25, -0.2) is 15.4 Å². The van der Waals surface area contributed by atoms with Crippen LogP contribution in [-0.2, 0) is 9.47 Å². The summed E-state index contributed by atoms with van der Waals surface area (Å²) in [6.45, 7) is 13.5. The normalized spacial score (nSPS) is 11.6. The van der Waals surface area contributed by atoms with Crippen LogP contribution < -0.4 is 30.4 Å². The number of nitrogen functional groups attached to an aromatic ring is 1. The molecule has 0 radical (unpaired) electrons. The van der Waals surface area contributed by atoms with Gasteiger partial charge < -0.3 is 23.7 Å². The minimum Gasteiger partial charge on any atom is -0.496 e. The number of hydrazine groups is 1. The maximum Gasteiger partial charge on any atom is 0.425 e. The lowest BCUT2D eigenvalue weighted by Gasteiger charge is -2.30. The van der Waals surface area contributed by atoms with Crippen molar-refractivity contribution >= 4 is 34.9 Å². The van der Waals surface area contributed by atoms with E-state index < -0.39 is 29.3 Å². The number of benzene rings is 1. The average Bonchev–Trinajstić information content (AvgIpc) is 3.18. The first-order valence-corrected chi connectivity index (χ1v) is 13.1. The van der Waals surface area contributed by atoms with Gasteiger partial charge in [0, 0.05) is 10.9 Å². The summed E-state index contributed by atoms with van der Waals surface area (Å²) in [7, 11) is 4.34. The maximum atomic E-state index is 13.9. The van der Waals surface area contributed by atoms with E-state index in [2.05, 4.69) is 10.4 Å². The van der Waals surface area contributed by atoms with Crippen molar-refractivity contribution in [3.63, 3.8) is 0 Å². The summed E-state index contributed by atoms with van der Waals surface area (Å²) in [6.07, 6.45) is -2.19. The van der Waals surface area contributed by atoms with E-state index in [-0.39, 0.29) is 34.0 Å². The Labute approximate surface area is 244 Å². The van der Waals surface area contributed by atoms with Crippen LogP contribution in [0.15, 0.2) is 18.2 Å². The quantitative estimate of drug-likeness (QED) is 0.230. The number of fused-ring (bicyclic) bond motifs is 1. The van der Waals surface area contributed by atoms with Crippen LogP contribution in [0, 0.1) is 13.8 Å². The van der Waals surface area contributed by atoms with Crippen molar-refractivity contribution in [3.05, 3.63) is 34.9 Å². The van der Waals surface area contributed by atoms with Crippen LogP contribution in [0.2, 0.25) is 0 Å². The molecule has 2 aromatic heterocycles. The molecule has 0 aliphatic heterocycles. The van der Waals surface area contributed by atoms with E-state index in [0.29, 0.717) is 27.5 Å². The number of pyridine rings is 1. The number of amides is 3. The van der Waals surface area contributed by atoms with Crippen molar-refractivity contribution in [1.82, 2.24) is 15.0 Å². The number of nitrogens with one attached hydrogen (secondary N) is 1. The fraction of sp³-hybridized carbons (Fsp3) is 0.448. The number of methoxy groups -OCH3 is 3. The number of ether oxygens (including phenoxy) is 5. The standard InChI is InChI=1S/C29H39N5O8/c1-15-12-13-18(38-9)16(2)21(15)33-22-17(14-19(39-10)24(31-22)40-11)20(23(35)32-30)25(33)34(26(36)41-28(3,4)5)27(37)42-29(6,7)8/h12-14H,30H2,1-11H3,(H,32,35). The fourth-order valence-corrected chi connectivity index (χ4v) is 4.41. The van der Waals surface area contributed by atoms with Gasteiger partial charge >= 0.3 is 12.2 Å². The monoisotopic (exact) mass is 585 g/mol. The van der Waals surface area contributed by atoms with Crippen LogP contribution in [0.5, 0.6) is 17.4 Å². The number of hydrogen-bond acceptors (Lipinski definition) is 10. The van der Waals surface area contributed by atoms with E-state index in [9.17, 15) is 14.4 Å². The molecule has 0 aliphatic rings. The largest absolute Gasteiger partial charge is 0.496 e. The second kappa shape index (κ2) is 11.8. The van der Waals surface area contributed by atoms with Crippen LogP contribution in [0.3, 0.4) is 0 Å². The minimum absolute atomic E-state index is 0.0919. The molecule has 228 valence electrons. The number of rotatable bonds is 6. The Morgan fingerprint density at radius 1 is 0.881 bits per heavy atom. The molecule has 3 amide bonds. The third-order valence-corrected chi connectivity index (χ3v) is 6.01. The van der Waals surface area contributed by atoms with Crippen LogP contribution in [0.25, 0.3) is 16.7 Å². The lowest BCUT2D eigenvalue weighted by Crippen LogP contribution is -2.45. The van der Waals surface area contributed by atoms with E-state index in [1.165, 1.54) is 32.0 Å². The maximum absolute atomic E-state index is 13.9. The first kappa shape index (κ1) is 32.0. The number of nitrogens with two attached hydrogens (primary N) is 1. The highest BCUT2D eigenvalue weighted by Gasteiger charge is 2.40. The first-order chi connectivity index (χ1) is 19.5. The Morgan fingerprint density at radius 2 is 1.43 bits per heavy atom. The smallest absolute Gasteiger partial charge is 0.425 e. The Morgan fingerprint density at radius 3 is 1.88 bits per heavy atom. The van der Waals surface area contributed by atoms with Crippen LogP contribution in [0.4, 0.5) is 15.4 Å². The third kappa shape index (κ3) is 6.20. The van der Waals surface area contributed by atoms with Gasteiger partial charge in [0.25, 0.3) is 11.8 Å². The highest BCUT2D eigenvalue weighted by molar-refractivity contribution is 6.19. The summed E-state index contributed by atoms with van der Waals surface area (Å²) in [5.41, 5.74) is 1.87. The molecule has 2 heterocycles. The Kier molecular flexibility index (Phi) is 8.96. The predicted octanol–water partition coefficient (Wildman–Crippen LogP) is 4.95. The zero-order valence-electron chi connectivity index (χ0n) is 25.9. The average molecular weight is 586 g/mol. The number of hydrogen-bond donors (Lipinski definition) is 2. The van der Waals surface area contributed by atoms with Crippen LogP contribution in [0.1, 0.15) is 63.0 Å². The Balaban J connectivity index is 2.68. The van der Waals surface area contributed by atoms with Gasteiger partial charge in [-0.1, -0.05) is 6.07 Å². The van der Waals surface area contributed by atoms with E-state index in [1.54, 1.807) is 60.6 Å². The fourth-order valence-electron chi connectivity index (χ4n) is 4.41. The molecule has 0 bridgehead atoms. The Hall–Kier alpha value is -4.52. The molecular formula is C29H39N5O8. The van der Waals surface area contributed by atoms with E-state index in [4.69, 9.17) is 29.5 Å². The number of aryl methyl sites for hydroxylation is 1. The zero-order valence-corrected chi connectivity index (χ0v) is 25.9. The van der Waals surface area contributed by atoms with Gasteiger partial charge in [0.15, 0.2) is 11.4 Å². The molecule has 0 aliphatic carbocycles. The second-order valence-electron chi connectivity index (χ2n) is 11.4. The lowest BCUT2D eigenvalue weighted by atomic mass is 10.1. The molecule has 3 aromatic rings. The molecule has 3 rings (SSSR count). The van der Waals surface area contributed by atoms with Gasteiger partial charge in [-0.2, -0.15) is 9.88 Å². The van der Waals surface area contributed by atoms with Crippen LogP contribution in [-0.4, -0.2) is 60.2 Å². The molecule has 3 N–H and O–H groups in total. The van der Waals surface area contributed by atoms with Gasteiger partial charge in [0.05, 0.1) is 32.6 Å².